The largest absolute Gasteiger partial charge is 0.507 e. The molecular formula is C15H24N2O. The highest BCUT2D eigenvalue weighted by molar-refractivity contribution is 5.42. The fourth-order valence-electron chi connectivity index (χ4n) is 2.79. The predicted molar refractivity (Wildman–Crippen MR) is 74.6 cm³/mol. The third kappa shape index (κ3) is 2.85. The molecule has 0 aromatic heterocycles. The third-order valence-electron chi connectivity index (χ3n) is 4.01. The number of piperidine rings is 1. The Balaban J connectivity index is 2.06. The monoisotopic (exact) mass is 248 g/mol. The number of aromatic hydroxyl groups is 1. The van der Waals surface area contributed by atoms with E-state index in [1.165, 1.54) is 5.56 Å². The van der Waals surface area contributed by atoms with E-state index in [0.29, 0.717) is 17.7 Å². The van der Waals surface area contributed by atoms with Gasteiger partial charge < -0.3 is 10.8 Å². The summed E-state index contributed by atoms with van der Waals surface area (Å²) in [5, 5.41) is 9.78. The molecule has 0 radical (unpaired) electrons. The highest BCUT2D eigenvalue weighted by Gasteiger charge is 2.23. The van der Waals surface area contributed by atoms with E-state index in [-0.39, 0.29) is 0 Å². The fraction of sp³-hybridized carbons (Fsp3) is 0.600. The van der Waals surface area contributed by atoms with Crippen LogP contribution in [0.5, 0.6) is 5.75 Å². The summed E-state index contributed by atoms with van der Waals surface area (Å²) in [6.07, 6.45) is 1.08. The van der Waals surface area contributed by atoms with E-state index in [2.05, 4.69) is 24.0 Å². The minimum Gasteiger partial charge on any atom is -0.507 e. The Morgan fingerprint density at radius 3 is 2.50 bits per heavy atom. The quantitative estimate of drug-likeness (QED) is 0.843. The van der Waals surface area contributed by atoms with Crippen molar-refractivity contribution in [1.82, 2.24) is 4.90 Å². The zero-order valence-corrected chi connectivity index (χ0v) is 11.6. The van der Waals surface area contributed by atoms with Crippen molar-refractivity contribution >= 4 is 0 Å². The summed E-state index contributed by atoms with van der Waals surface area (Å²) < 4.78 is 0. The van der Waals surface area contributed by atoms with Gasteiger partial charge in [0.25, 0.3) is 0 Å². The van der Waals surface area contributed by atoms with E-state index >= 15 is 0 Å². The minimum absolute atomic E-state index is 0.351. The number of hydrogen-bond acceptors (Lipinski definition) is 3. The lowest BCUT2D eigenvalue weighted by molar-refractivity contribution is 0.157. The predicted octanol–water partition coefficient (Wildman–Crippen LogP) is 2.18. The smallest absolute Gasteiger partial charge is 0.121 e. The van der Waals surface area contributed by atoms with Crippen LogP contribution < -0.4 is 5.73 Å². The van der Waals surface area contributed by atoms with Gasteiger partial charge in [-0.25, -0.2) is 0 Å². The maximum Gasteiger partial charge on any atom is 0.121 e. The van der Waals surface area contributed by atoms with Gasteiger partial charge in [0.2, 0.25) is 0 Å². The molecule has 1 fully saturated rings. The number of nitrogens with two attached hydrogens (primary N) is 1. The summed E-state index contributed by atoms with van der Waals surface area (Å²) in [5.41, 5.74) is 9.25. The molecule has 0 amide bonds. The summed E-state index contributed by atoms with van der Waals surface area (Å²) in [6.45, 7) is 9.24. The highest BCUT2D eigenvalue weighted by atomic mass is 16.3. The Morgan fingerprint density at radius 1 is 1.33 bits per heavy atom. The van der Waals surface area contributed by atoms with Crippen molar-refractivity contribution in [3.05, 3.63) is 28.8 Å². The summed E-state index contributed by atoms with van der Waals surface area (Å²) in [7, 11) is 0. The summed E-state index contributed by atoms with van der Waals surface area (Å²) in [6, 6.07) is 4.52. The van der Waals surface area contributed by atoms with Gasteiger partial charge in [-0.2, -0.15) is 0 Å². The molecule has 0 spiro atoms. The first-order valence-electron chi connectivity index (χ1n) is 6.74. The summed E-state index contributed by atoms with van der Waals surface area (Å²) in [5.74, 6) is 0.992. The van der Waals surface area contributed by atoms with Crippen LogP contribution in [0.15, 0.2) is 12.1 Å². The first kappa shape index (κ1) is 13.4. The van der Waals surface area contributed by atoms with Gasteiger partial charge in [0.05, 0.1) is 0 Å². The molecule has 3 N–H and O–H groups in total. The SMILES string of the molecule is Cc1cc(CN2CCC(N)C(C)C2)cc(C)c1O. The topological polar surface area (TPSA) is 49.5 Å². The molecule has 18 heavy (non-hydrogen) atoms. The van der Waals surface area contributed by atoms with E-state index in [1.54, 1.807) is 0 Å². The molecule has 1 saturated heterocycles. The van der Waals surface area contributed by atoms with Crippen LogP contribution in [0.1, 0.15) is 30.0 Å². The first-order chi connectivity index (χ1) is 8.47. The molecule has 1 aliphatic heterocycles. The van der Waals surface area contributed by atoms with Gasteiger partial charge in [0.1, 0.15) is 5.75 Å². The van der Waals surface area contributed by atoms with Crippen LogP contribution in [-0.2, 0) is 6.54 Å². The first-order valence-corrected chi connectivity index (χ1v) is 6.74. The van der Waals surface area contributed by atoms with Gasteiger partial charge in [-0.1, -0.05) is 19.1 Å². The molecule has 1 aromatic rings. The number of aryl methyl sites for hydroxylation is 2. The van der Waals surface area contributed by atoms with Crippen LogP contribution in [0.4, 0.5) is 0 Å². The second-order valence-electron chi connectivity index (χ2n) is 5.74. The lowest BCUT2D eigenvalue weighted by Crippen LogP contribution is -2.45. The van der Waals surface area contributed by atoms with Crippen molar-refractivity contribution in [3.63, 3.8) is 0 Å². The Bertz CT molecular complexity index is 407. The van der Waals surface area contributed by atoms with Crippen LogP contribution in [0.3, 0.4) is 0 Å². The standard InChI is InChI=1S/C15H24N2O/c1-10-6-13(7-11(2)15(10)18)9-17-5-4-14(16)12(3)8-17/h6-7,12,14,18H,4-5,8-9,16H2,1-3H3. The maximum absolute atomic E-state index is 9.78. The molecule has 2 atom stereocenters. The summed E-state index contributed by atoms with van der Waals surface area (Å²) in [4.78, 5) is 2.46. The van der Waals surface area contributed by atoms with Gasteiger partial charge in [-0.05, 0) is 49.4 Å². The molecule has 1 aliphatic rings. The molecule has 100 valence electrons. The van der Waals surface area contributed by atoms with Crippen molar-refractivity contribution in [1.29, 1.82) is 0 Å². The van der Waals surface area contributed by atoms with E-state index in [1.807, 2.05) is 13.8 Å². The number of nitrogens with zero attached hydrogens (tertiary/aromatic N) is 1. The van der Waals surface area contributed by atoms with Crippen molar-refractivity contribution < 1.29 is 5.11 Å². The lowest BCUT2D eigenvalue weighted by atomic mass is 9.94. The zero-order chi connectivity index (χ0) is 13.3. The van der Waals surface area contributed by atoms with Crippen LogP contribution >= 0.6 is 0 Å². The normalized spacial score (nSPS) is 25.3. The van der Waals surface area contributed by atoms with Crippen molar-refractivity contribution in [2.75, 3.05) is 13.1 Å². The molecule has 0 saturated carbocycles. The highest BCUT2D eigenvalue weighted by Crippen LogP contribution is 2.24. The molecule has 0 bridgehead atoms. The lowest BCUT2D eigenvalue weighted by Gasteiger charge is -2.35. The Kier molecular flexibility index (Phi) is 3.93. The number of hydrogen-bond donors (Lipinski definition) is 2. The third-order valence-corrected chi connectivity index (χ3v) is 4.01. The van der Waals surface area contributed by atoms with Crippen LogP contribution in [0.25, 0.3) is 0 Å². The minimum atomic E-state index is 0.351. The number of benzene rings is 1. The molecular weight excluding hydrogens is 224 g/mol. The van der Waals surface area contributed by atoms with E-state index < -0.39 is 0 Å². The number of likely N-dealkylation sites (tertiary alicyclic amines) is 1. The Morgan fingerprint density at radius 2 is 1.94 bits per heavy atom. The van der Waals surface area contributed by atoms with Gasteiger partial charge in [-0.3, -0.25) is 4.90 Å². The van der Waals surface area contributed by atoms with Gasteiger partial charge in [0.15, 0.2) is 0 Å². The fourth-order valence-corrected chi connectivity index (χ4v) is 2.79. The van der Waals surface area contributed by atoms with Crippen molar-refractivity contribution in [2.24, 2.45) is 11.7 Å². The molecule has 3 heteroatoms. The average molecular weight is 248 g/mol. The molecule has 1 heterocycles. The van der Waals surface area contributed by atoms with Crippen molar-refractivity contribution in [2.45, 2.75) is 39.8 Å². The van der Waals surface area contributed by atoms with E-state index in [9.17, 15) is 5.11 Å². The zero-order valence-electron chi connectivity index (χ0n) is 11.6. The second kappa shape index (κ2) is 5.29. The van der Waals surface area contributed by atoms with E-state index in [0.717, 1.165) is 37.2 Å². The second-order valence-corrected chi connectivity index (χ2v) is 5.74. The Hall–Kier alpha value is -1.06. The van der Waals surface area contributed by atoms with Gasteiger partial charge in [-0.15, -0.1) is 0 Å². The van der Waals surface area contributed by atoms with Crippen LogP contribution in [-0.4, -0.2) is 29.1 Å². The number of phenolic OH excluding ortho intramolecular Hbond substituents is 1. The van der Waals surface area contributed by atoms with Gasteiger partial charge in [0, 0.05) is 19.1 Å². The summed E-state index contributed by atoms with van der Waals surface area (Å²) >= 11 is 0. The maximum atomic E-state index is 9.78. The van der Waals surface area contributed by atoms with Crippen LogP contribution in [0, 0.1) is 19.8 Å². The molecule has 2 rings (SSSR count). The van der Waals surface area contributed by atoms with Gasteiger partial charge >= 0.3 is 0 Å². The van der Waals surface area contributed by atoms with Crippen molar-refractivity contribution in [3.8, 4) is 5.75 Å². The van der Waals surface area contributed by atoms with Crippen LogP contribution in [0.2, 0.25) is 0 Å². The molecule has 0 aliphatic carbocycles. The number of phenols is 1. The Labute approximate surface area is 110 Å². The molecule has 3 nitrogen and oxygen atoms in total. The average Bonchev–Trinajstić information content (AvgIpc) is 2.31. The van der Waals surface area contributed by atoms with E-state index in [4.69, 9.17) is 5.73 Å². The molecule has 1 aromatic carbocycles. The number of rotatable bonds is 2. The molecule has 2 unspecified atom stereocenters.